The van der Waals surface area contributed by atoms with Crippen LogP contribution in [-0.4, -0.2) is 18.2 Å². The predicted molar refractivity (Wildman–Crippen MR) is 29.6 cm³/mol. The van der Waals surface area contributed by atoms with Crippen LogP contribution in [0.25, 0.3) is 0 Å². The zero-order chi connectivity index (χ0) is 5.28. The second kappa shape index (κ2) is 1.33. The Bertz CT molecular complexity index is 134. The molecule has 0 amide bonds. The van der Waals surface area contributed by atoms with E-state index in [9.17, 15) is 0 Å². The number of rotatable bonds is 0. The molecular weight excluding hydrogens is 90.1 g/mol. The van der Waals surface area contributed by atoms with Gasteiger partial charge in [-0.3, -0.25) is 4.99 Å². The molecule has 1 rings (SSSR count). The van der Waals surface area contributed by atoms with Crippen LogP contribution in [0.5, 0.6) is 0 Å². The standard InChI is InChI=1S/C4H7N3/c1-3-6-2-4(5)7-3/h2H2,1H3,(H2,5,6,7). The molecule has 0 aromatic heterocycles. The summed E-state index contributed by atoms with van der Waals surface area (Å²) >= 11 is 0. The molecule has 0 aliphatic carbocycles. The third-order valence-electron chi connectivity index (χ3n) is 0.775. The SMILES string of the molecule is CC1=NCC(N)=N1. The molecule has 38 valence electrons. The van der Waals surface area contributed by atoms with E-state index >= 15 is 0 Å². The summed E-state index contributed by atoms with van der Waals surface area (Å²) in [5, 5.41) is 0. The normalized spacial score (nSPS) is 19.0. The van der Waals surface area contributed by atoms with Crippen LogP contribution in [0.2, 0.25) is 0 Å². The summed E-state index contributed by atoms with van der Waals surface area (Å²) in [4.78, 5) is 7.74. The second-order valence-electron chi connectivity index (χ2n) is 1.47. The molecule has 0 bridgehead atoms. The Morgan fingerprint density at radius 1 is 1.71 bits per heavy atom. The van der Waals surface area contributed by atoms with Crippen molar-refractivity contribution < 1.29 is 0 Å². The lowest BCUT2D eigenvalue weighted by molar-refractivity contribution is 1.31. The second-order valence-corrected chi connectivity index (χ2v) is 1.47. The summed E-state index contributed by atoms with van der Waals surface area (Å²) in [5.74, 6) is 1.41. The highest BCUT2D eigenvalue weighted by Gasteiger charge is 1.98. The molecular formula is C4H7N3. The number of amidine groups is 2. The predicted octanol–water partition coefficient (Wildman–Crippen LogP) is -0.224. The minimum atomic E-state index is 0.589. The van der Waals surface area contributed by atoms with Gasteiger partial charge in [0.25, 0.3) is 0 Å². The van der Waals surface area contributed by atoms with Crippen molar-refractivity contribution in [3.05, 3.63) is 0 Å². The Hall–Kier alpha value is -0.860. The molecule has 0 radical (unpaired) electrons. The molecule has 0 aromatic carbocycles. The molecule has 1 heterocycles. The average molecular weight is 97.1 g/mol. The Morgan fingerprint density at radius 3 is 2.57 bits per heavy atom. The largest absolute Gasteiger partial charge is 0.386 e. The van der Waals surface area contributed by atoms with Crippen molar-refractivity contribution in [2.45, 2.75) is 6.92 Å². The quantitative estimate of drug-likeness (QED) is 0.446. The zero-order valence-corrected chi connectivity index (χ0v) is 4.18. The molecule has 0 unspecified atom stereocenters. The summed E-state index contributed by atoms with van der Waals surface area (Å²) < 4.78 is 0. The molecule has 3 heteroatoms. The van der Waals surface area contributed by atoms with E-state index in [2.05, 4.69) is 9.98 Å². The van der Waals surface area contributed by atoms with Gasteiger partial charge < -0.3 is 5.73 Å². The van der Waals surface area contributed by atoms with Crippen LogP contribution in [0, 0.1) is 0 Å². The monoisotopic (exact) mass is 97.1 g/mol. The van der Waals surface area contributed by atoms with Gasteiger partial charge in [-0.2, -0.15) is 0 Å². The van der Waals surface area contributed by atoms with Crippen molar-refractivity contribution in [1.29, 1.82) is 0 Å². The molecule has 2 N–H and O–H groups in total. The molecule has 0 saturated carbocycles. The van der Waals surface area contributed by atoms with Gasteiger partial charge in [0.15, 0.2) is 0 Å². The first-order valence-electron chi connectivity index (χ1n) is 2.13. The number of nitrogens with two attached hydrogens (primary N) is 1. The maximum atomic E-state index is 5.26. The Kier molecular flexibility index (Phi) is 0.817. The van der Waals surface area contributed by atoms with E-state index in [0.29, 0.717) is 12.4 Å². The van der Waals surface area contributed by atoms with Crippen molar-refractivity contribution >= 4 is 11.7 Å². The molecule has 0 spiro atoms. The van der Waals surface area contributed by atoms with E-state index in [-0.39, 0.29) is 0 Å². The van der Waals surface area contributed by atoms with Crippen molar-refractivity contribution in [1.82, 2.24) is 0 Å². The van der Waals surface area contributed by atoms with E-state index in [1.165, 1.54) is 0 Å². The fourth-order valence-electron chi connectivity index (χ4n) is 0.474. The van der Waals surface area contributed by atoms with Gasteiger partial charge >= 0.3 is 0 Å². The van der Waals surface area contributed by atoms with Crippen molar-refractivity contribution in [2.24, 2.45) is 15.7 Å². The summed E-state index contributed by atoms with van der Waals surface area (Å²) in [5.41, 5.74) is 5.26. The summed E-state index contributed by atoms with van der Waals surface area (Å²) in [7, 11) is 0. The van der Waals surface area contributed by atoms with Crippen LogP contribution in [0.15, 0.2) is 9.98 Å². The smallest absolute Gasteiger partial charge is 0.123 e. The van der Waals surface area contributed by atoms with E-state index in [0.717, 1.165) is 5.84 Å². The van der Waals surface area contributed by atoms with Gasteiger partial charge in [-0.1, -0.05) is 0 Å². The number of hydrogen-bond donors (Lipinski definition) is 1. The highest BCUT2D eigenvalue weighted by atomic mass is 15.0. The van der Waals surface area contributed by atoms with E-state index < -0.39 is 0 Å². The average Bonchev–Trinajstić information content (AvgIpc) is 1.87. The van der Waals surface area contributed by atoms with E-state index in [4.69, 9.17) is 5.73 Å². The van der Waals surface area contributed by atoms with Gasteiger partial charge in [0, 0.05) is 0 Å². The molecule has 0 saturated heterocycles. The topological polar surface area (TPSA) is 50.7 Å². The van der Waals surface area contributed by atoms with Crippen molar-refractivity contribution in [3.63, 3.8) is 0 Å². The Labute approximate surface area is 42.0 Å². The fourth-order valence-corrected chi connectivity index (χ4v) is 0.474. The third kappa shape index (κ3) is 0.765. The fraction of sp³-hybridized carbons (Fsp3) is 0.500. The maximum absolute atomic E-state index is 5.26. The molecule has 3 nitrogen and oxygen atoms in total. The van der Waals surface area contributed by atoms with Crippen molar-refractivity contribution in [2.75, 3.05) is 6.54 Å². The number of aliphatic imine (C=N–C) groups is 2. The molecule has 0 atom stereocenters. The first-order chi connectivity index (χ1) is 3.29. The minimum Gasteiger partial charge on any atom is -0.386 e. The van der Waals surface area contributed by atoms with Crippen LogP contribution in [0.3, 0.4) is 0 Å². The van der Waals surface area contributed by atoms with E-state index in [1.54, 1.807) is 0 Å². The molecule has 0 aromatic rings. The van der Waals surface area contributed by atoms with Gasteiger partial charge in [-0.05, 0) is 6.92 Å². The first kappa shape index (κ1) is 4.30. The molecule has 7 heavy (non-hydrogen) atoms. The molecule has 0 fully saturated rings. The Balaban J connectivity index is 2.69. The van der Waals surface area contributed by atoms with Gasteiger partial charge in [0.2, 0.25) is 0 Å². The minimum absolute atomic E-state index is 0.589. The summed E-state index contributed by atoms with van der Waals surface area (Å²) in [6, 6.07) is 0. The van der Waals surface area contributed by atoms with Gasteiger partial charge in [0.1, 0.15) is 11.7 Å². The van der Waals surface area contributed by atoms with Crippen LogP contribution in [0.1, 0.15) is 6.92 Å². The van der Waals surface area contributed by atoms with Crippen LogP contribution in [0.4, 0.5) is 0 Å². The van der Waals surface area contributed by atoms with Crippen molar-refractivity contribution in [3.8, 4) is 0 Å². The highest BCUT2D eigenvalue weighted by molar-refractivity contribution is 6.01. The van der Waals surface area contributed by atoms with E-state index in [1.807, 2.05) is 6.92 Å². The number of nitrogens with zero attached hydrogens (tertiary/aromatic N) is 2. The molecule has 1 aliphatic heterocycles. The molecule has 1 aliphatic rings. The van der Waals surface area contributed by atoms with Gasteiger partial charge in [-0.25, -0.2) is 4.99 Å². The van der Waals surface area contributed by atoms with Crippen LogP contribution >= 0.6 is 0 Å². The van der Waals surface area contributed by atoms with Gasteiger partial charge in [-0.15, -0.1) is 0 Å². The third-order valence-corrected chi connectivity index (χ3v) is 0.775. The summed E-state index contributed by atoms with van der Waals surface area (Å²) in [6.45, 7) is 2.42. The summed E-state index contributed by atoms with van der Waals surface area (Å²) in [6.07, 6.45) is 0. The van der Waals surface area contributed by atoms with Crippen LogP contribution < -0.4 is 5.73 Å². The highest BCUT2D eigenvalue weighted by Crippen LogP contribution is 1.88. The Morgan fingerprint density at radius 2 is 2.43 bits per heavy atom. The first-order valence-corrected chi connectivity index (χ1v) is 2.13. The lowest BCUT2D eigenvalue weighted by Crippen LogP contribution is -2.11. The maximum Gasteiger partial charge on any atom is 0.123 e. The van der Waals surface area contributed by atoms with Crippen LogP contribution in [-0.2, 0) is 0 Å². The lowest BCUT2D eigenvalue weighted by atomic mass is 10.6. The number of hydrogen-bond acceptors (Lipinski definition) is 3. The lowest BCUT2D eigenvalue weighted by Gasteiger charge is -1.77. The van der Waals surface area contributed by atoms with Gasteiger partial charge in [0.05, 0.1) is 6.54 Å². The zero-order valence-electron chi connectivity index (χ0n) is 4.18.